The maximum Gasteiger partial charge on any atom is 0.263 e. The van der Waals surface area contributed by atoms with Gasteiger partial charge in [-0.1, -0.05) is 36.5 Å². The van der Waals surface area contributed by atoms with Crippen LogP contribution in [0.4, 0.5) is 5.13 Å². The zero-order valence-corrected chi connectivity index (χ0v) is 19.6. The molecule has 0 radical (unpaired) electrons. The van der Waals surface area contributed by atoms with Crippen molar-refractivity contribution in [2.24, 2.45) is 0 Å². The summed E-state index contributed by atoms with van der Waals surface area (Å²) in [6.07, 6.45) is 2.20. The number of anilines is 1. The average molecular weight is 454 g/mol. The lowest BCUT2D eigenvalue weighted by atomic mass is 9.99. The van der Waals surface area contributed by atoms with E-state index in [1.165, 1.54) is 39.1 Å². The summed E-state index contributed by atoms with van der Waals surface area (Å²) in [7, 11) is 0. The van der Waals surface area contributed by atoms with E-state index in [-0.39, 0.29) is 11.5 Å². The number of aryl methyl sites for hydroxylation is 4. The fourth-order valence-corrected chi connectivity index (χ4v) is 5.10. The van der Waals surface area contributed by atoms with E-state index in [1.807, 2.05) is 19.9 Å². The normalized spacial score (nSPS) is 12.3. The highest BCUT2D eigenvalue weighted by Gasteiger charge is 2.22. The van der Waals surface area contributed by atoms with Gasteiger partial charge in [-0.15, -0.1) is 21.5 Å². The van der Waals surface area contributed by atoms with Crippen molar-refractivity contribution in [3.8, 4) is 11.1 Å². The second-order valence-electron chi connectivity index (χ2n) is 7.49. The van der Waals surface area contributed by atoms with Gasteiger partial charge in [0.05, 0.1) is 11.7 Å². The monoisotopic (exact) mass is 453 g/mol. The maximum absolute atomic E-state index is 13.5. The Labute approximate surface area is 187 Å². The van der Waals surface area contributed by atoms with Crippen molar-refractivity contribution >= 4 is 43.9 Å². The third-order valence-corrected chi connectivity index (χ3v) is 7.40. The van der Waals surface area contributed by atoms with Gasteiger partial charge >= 0.3 is 0 Å². The Balaban J connectivity index is 1.75. The molecule has 3 aromatic heterocycles. The van der Waals surface area contributed by atoms with Gasteiger partial charge in [0.25, 0.3) is 5.56 Å². The minimum absolute atomic E-state index is 0.225. The lowest BCUT2D eigenvalue weighted by molar-refractivity contribution is -0.118. The van der Waals surface area contributed by atoms with E-state index in [9.17, 15) is 9.59 Å². The van der Waals surface area contributed by atoms with Crippen molar-refractivity contribution in [3.05, 3.63) is 55.9 Å². The van der Waals surface area contributed by atoms with E-state index in [2.05, 4.69) is 46.5 Å². The third-order valence-electron chi connectivity index (χ3n) is 5.41. The Hall–Kier alpha value is -2.91. The number of fused-ring (bicyclic) bond motifs is 1. The predicted molar refractivity (Wildman–Crippen MR) is 126 cm³/mol. The van der Waals surface area contributed by atoms with Crippen LogP contribution in [0.3, 0.4) is 0 Å². The first kappa shape index (κ1) is 21.3. The van der Waals surface area contributed by atoms with Crippen LogP contribution in [-0.4, -0.2) is 25.7 Å². The molecule has 1 N–H and O–H groups in total. The summed E-state index contributed by atoms with van der Waals surface area (Å²) in [6.45, 7) is 9.78. The van der Waals surface area contributed by atoms with E-state index in [4.69, 9.17) is 0 Å². The number of hydrogen-bond donors (Lipinski definition) is 1. The second-order valence-corrected chi connectivity index (χ2v) is 9.75. The molecule has 0 fully saturated rings. The van der Waals surface area contributed by atoms with E-state index >= 15 is 0 Å². The van der Waals surface area contributed by atoms with Gasteiger partial charge in [0.1, 0.15) is 15.9 Å². The fourth-order valence-electron chi connectivity index (χ4n) is 3.42. The SMILES string of the molecule is CCc1nnc(NC(=O)C(C)n2cnc3sc(C)c(-c4ccc(C)c(C)c4)c3c2=O)s1. The van der Waals surface area contributed by atoms with Crippen LogP contribution in [0.25, 0.3) is 21.3 Å². The van der Waals surface area contributed by atoms with Crippen LogP contribution in [0.2, 0.25) is 0 Å². The molecular formula is C22H23N5O2S2. The first-order valence-electron chi connectivity index (χ1n) is 10.0. The van der Waals surface area contributed by atoms with E-state index in [1.54, 1.807) is 6.92 Å². The second kappa shape index (κ2) is 8.32. The highest BCUT2D eigenvalue weighted by Crippen LogP contribution is 2.36. The number of rotatable bonds is 5. The fraction of sp³-hybridized carbons (Fsp3) is 0.318. The van der Waals surface area contributed by atoms with Gasteiger partial charge in [-0.25, -0.2) is 4.98 Å². The molecule has 1 amide bonds. The highest BCUT2D eigenvalue weighted by molar-refractivity contribution is 7.19. The Bertz CT molecular complexity index is 1350. The summed E-state index contributed by atoms with van der Waals surface area (Å²) in [5.41, 5.74) is 4.01. The number of amides is 1. The van der Waals surface area contributed by atoms with Crippen LogP contribution in [-0.2, 0) is 11.2 Å². The molecule has 1 unspecified atom stereocenters. The van der Waals surface area contributed by atoms with Crippen LogP contribution < -0.4 is 10.9 Å². The molecule has 0 saturated heterocycles. The summed E-state index contributed by atoms with van der Waals surface area (Å²) in [6, 6.07) is 5.44. The minimum atomic E-state index is -0.744. The topological polar surface area (TPSA) is 89.8 Å². The number of benzene rings is 1. The molecule has 160 valence electrons. The van der Waals surface area contributed by atoms with E-state index in [0.717, 1.165) is 33.0 Å². The number of nitrogens with zero attached hydrogens (tertiary/aromatic N) is 4. The van der Waals surface area contributed by atoms with Crippen molar-refractivity contribution in [2.75, 3.05) is 5.32 Å². The van der Waals surface area contributed by atoms with Crippen LogP contribution >= 0.6 is 22.7 Å². The van der Waals surface area contributed by atoms with Crippen LogP contribution in [0, 0.1) is 20.8 Å². The predicted octanol–water partition coefficient (Wildman–Crippen LogP) is 4.66. The largest absolute Gasteiger partial charge is 0.299 e. The smallest absolute Gasteiger partial charge is 0.263 e. The van der Waals surface area contributed by atoms with Gasteiger partial charge in [-0.2, -0.15) is 0 Å². The molecule has 1 atom stereocenters. The molecule has 0 aliphatic rings. The highest BCUT2D eigenvalue weighted by atomic mass is 32.1. The molecule has 0 saturated carbocycles. The molecular weight excluding hydrogens is 430 g/mol. The molecule has 1 aromatic carbocycles. The molecule has 4 aromatic rings. The van der Waals surface area contributed by atoms with Gasteiger partial charge in [0, 0.05) is 10.4 Å². The van der Waals surface area contributed by atoms with Crippen molar-refractivity contribution in [3.63, 3.8) is 0 Å². The maximum atomic E-state index is 13.5. The molecule has 0 spiro atoms. The van der Waals surface area contributed by atoms with E-state index < -0.39 is 6.04 Å². The number of thiophene rings is 1. The summed E-state index contributed by atoms with van der Waals surface area (Å²) < 4.78 is 1.39. The van der Waals surface area contributed by atoms with Crippen LogP contribution in [0.5, 0.6) is 0 Å². The summed E-state index contributed by atoms with van der Waals surface area (Å²) >= 11 is 2.82. The standard InChI is InChI=1S/C22H23N5O2S2/c1-6-16-25-26-22(31-16)24-19(28)13(4)27-10-23-20-18(21(27)29)17(14(5)30-20)15-8-7-11(2)12(3)9-15/h7-10,13H,6H2,1-5H3,(H,24,26,28). The number of hydrogen-bond acceptors (Lipinski definition) is 7. The van der Waals surface area contributed by atoms with Crippen LogP contribution in [0.15, 0.2) is 29.3 Å². The zero-order valence-electron chi connectivity index (χ0n) is 18.0. The third kappa shape index (κ3) is 3.90. The molecule has 4 rings (SSSR count). The van der Waals surface area contributed by atoms with E-state index in [0.29, 0.717) is 15.3 Å². The Morgan fingerprint density at radius 1 is 1.16 bits per heavy atom. The minimum Gasteiger partial charge on any atom is -0.299 e. The lowest BCUT2D eigenvalue weighted by Crippen LogP contribution is -2.31. The number of carbonyl (C=O) groups excluding carboxylic acids is 1. The van der Waals surface area contributed by atoms with Gasteiger partial charge in [0.15, 0.2) is 0 Å². The molecule has 31 heavy (non-hydrogen) atoms. The van der Waals surface area contributed by atoms with Crippen molar-refractivity contribution in [2.45, 2.75) is 47.1 Å². The average Bonchev–Trinajstić information content (AvgIpc) is 3.33. The number of carbonyl (C=O) groups is 1. The Morgan fingerprint density at radius 3 is 2.61 bits per heavy atom. The zero-order chi connectivity index (χ0) is 22.3. The van der Waals surface area contributed by atoms with Crippen LogP contribution in [0.1, 0.15) is 40.9 Å². The molecule has 9 heteroatoms. The summed E-state index contributed by atoms with van der Waals surface area (Å²) in [4.78, 5) is 32.4. The number of nitrogens with one attached hydrogen (secondary N) is 1. The lowest BCUT2D eigenvalue weighted by Gasteiger charge is -2.14. The van der Waals surface area contributed by atoms with Gasteiger partial charge in [-0.05, 0) is 50.8 Å². The first-order valence-corrected chi connectivity index (χ1v) is 11.6. The quantitative estimate of drug-likeness (QED) is 0.474. The van der Waals surface area contributed by atoms with Gasteiger partial charge < -0.3 is 0 Å². The molecule has 3 heterocycles. The Kier molecular flexibility index (Phi) is 5.72. The Morgan fingerprint density at radius 2 is 1.94 bits per heavy atom. The summed E-state index contributed by atoms with van der Waals surface area (Å²) in [5, 5.41) is 12.6. The first-order chi connectivity index (χ1) is 14.8. The summed E-state index contributed by atoms with van der Waals surface area (Å²) in [5.74, 6) is -0.332. The van der Waals surface area contributed by atoms with Gasteiger partial charge in [0.2, 0.25) is 11.0 Å². The van der Waals surface area contributed by atoms with Crippen molar-refractivity contribution in [1.82, 2.24) is 19.7 Å². The molecule has 0 bridgehead atoms. The van der Waals surface area contributed by atoms with Gasteiger partial charge in [-0.3, -0.25) is 19.5 Å². The molecule has 0 aliphatic carbocycles. The number of aromatic nitrogens is 4. The van der Waals surface area contributed by atoms with Crippen molar-refractivity contribution in [1.29, 1.82) is 0 Å². The molecule has 0 aliphatic heterocycles. The molecule has 7 nitrogen and oxygen atoms in total. The van der Waals surface area contributed by atoms with Crippen molar-refractivity contribution < 1.29 is 4.79 Å².